The van der Waals surface area contributed by atoms with Crippen molar-refractivity contribution in [2.24, 2.45) is 0 Å². The van der Waals surface area contributed by atoms with Crippen LogP contribution in [0.2, 0.25) is 0 Å². The minimum atomic E-state index is 0.623. The molecular weight excluding hydrogens is 326 g/mol. The van der Waals surface area contributed by atoms with E-state index in [0.29, 0.717) is 12.5 Å². The Bertz CT molecular complexity index is 518. The monoisotopic (exact) mass is 341 g/mol. The molecule has 2 aromatic heterocycles. The van der Waals surface area contributed by atoms with E-state index >= 15 is 0 Å². The van der Waals surface area contributed by atoms with Crippen LogP contribution < -0.4 is 10.1 Å². The van der Waals surface area contributed by atoms with Crippen LogP contribution in [0.1, 0.15) is 18.2 Å². The number of hydrogen-bond donors (Lipinski definition) is 1. The first-order chi connectivity index (χ1) is 9.28. The second kappa shape index (κ2) is 7.45. The third-order valence-corrected chi connectivity index (χ3v) is 4.09. The second-order valence-corrected chi connectivity index (χ2v) is 6.52. The summed E-state index contributed by atoms with van der Waals surface area (Å²) in [6.45, 7) is 3.59. The minimum Gasteiger partial charge on any atom is -0.478 e. The molecule has 1 N–H and O–H groups in total. The summed E-state index contributed by atoms with van der Waals surface area (Å²) in [5, 5.41) is 3.28. The summed E-state index contributed by atoms with van der Waals surface area (Å²) in [6.07, 6.45) is 3.47. The molecule has 0 aliphatic carbocycles. The van der Waals surface area contributed by atoms with Crippen molar-refractivity contribution in [2.45, 2.75) is 19.8 Å². The Kier molecular flexibility index (Phi) is 5.60. The van der Waals surface area contributed by atoms with Crippen LogP contribution in [0.15, 0.2) is 28.3 Å². The third-order valence-electron chi connectivity index (χ3n) is 2.40. The lowest BCUT2D eigenvalue weighted by Crippen LogP contribution is -2.06. The molecule has 2 rings (SSSR count). The van der Waals surface area contributed by atoms with E-state index in [-0.39, 0.29) is 0 Å². The van der Waals surface area contributed by atoms with E-state index in [1.165, 1.54) is 15.0 Å². The minimum absolute atomic E-state index is 0.623. The lowest BCUT2D eigenvalue weighted by molar-refractivity contribution is 0.305. The van der Waals surface area contributed by atoms with Crippen LogP contribution in [0.4, 0.5) is 5.82 Å². The van der Waals surface area contributed by atoms with Gasteiger partial charge in [-0.3, -0.25) is 0 Å². The first-order valence-corrected chi connectivity index (χ1v) is 7.82. The third kappa shape index (κ3) is 4.80. The van der Waals surface area contributed by atoms with Crippen molar-refractivity contribution in [3.05, 3.63) is 33.2 Å². The van der Waals surface area contributed by atoms with Crippen LogP contribution in [0.5, 0.6) is 5.88 Å². The number of nitrogens with one attached hydrogen (secondary N) is 1. The highest BCUT2D eigenvalue weighted by Gasteiger charge is 2.01. The Balaban J connectivity index is 1.82. The van der Waals surface area contributed by atoms with E-state index in [2.05, 4.69) is 50.3 Å². The molecule has 0 amide bonds. The highest BCUT2D eigenvalue weighted by atomic mass is 79.9. The fourth-order valence-corrected chi connectivity index (χ4v) is 3.00. The molecule has 2 aromatic rings. The first kappa shape index (κ1) is 14.3. The molecule has 0 unspecified atom stereocenters. The summed E-state index contributed by atoms with van der Waals surface area (Å²) >= 11 is 5.22. The molecule has 0 aliphatic heterocycles. The predicted molar refractivity (Wildman–Crippen MR) is 82.0 cm³/mol. The van der Waals surface area contributed by atoms with E-state index in [4.69, 9.17) is 4.74 Å². The van der Waals surface area contributed by atoms with Crippen molar-refractivity contribution in [2.75, 3.05) is 18.5 Å². The first-order valence-electron chi connectivity index (χ1n) is 6.21. The Hall–Kier alpha value is -1.14. The molecule has 4 nitrogen and oxygen atoms in total. The van der Waals surface area contributed by atoms with Gasteiger partial charge in [-0.2, -0.15) is 0 Å². The molecule has 6 heteroatoms. The zero-order valence-electron chi connectivity index (χ0n) is 10.7. The normalized spacial score (nSPS) is 10.4. The molecule has 0 fully saturated rings. The molecule has 0 spiro atoms. The number of nitrogens with zero attached hydrogens (tertiary/aromatic N) is 2. The van der Waals surface area contributed by atoms with Crippen LogP contribution in [-0.2, 0) is 6.42 Å². The fourth-order valence-electron chi connectivity index (χ4n) is 1.52. The standard InChI is InChI=1S/C13H16BrN3OS/c1-2-7-18-13-8-12(16-9-17-13)15-6-5-10-3-4-11(14)19-10/h3-4,8-9H,2,5-7H2,1H3,(H,15,16,17). The summed E-state index contributed by atoms with van der Waals surface area (Å²) in [6, 6.07) is 6.04. The molecule has 19 heavy (non-hydrogen) atoms. The van der Waals surface area contributed by atoms with Crippen LogP contribution in [-0.4, -0.2) is 23.1 Å². The van der Waals surface area contributed by atoms with Crippen LogP contribution >= 0.6 is 27.3 Å². The number of anilines is 1. The average molecular weight is 342 g/mol. The van der Waals surface area contributed by atoms with E-state index in [9.17, 15) is 0 Å². The van der Waals surface area contributed by atoms with Crippen molar-refractivity contribution in [3.8, 4) is 5.88 Å². The van der Waals surface area contributed by atoms with Gasteiger partial charge in [0.1, 0.15) is 12.1 Å². The fraction of sp³-hybridized carbons (Fsp3) is 0.385. The van der Waals surface area contributed by atoms with E-state index < -0.39 is 0 Å². The molecule has 0 radical (unpaired) electrons. The van der Waals surface area contributed by atoms with Gasteiger partial charge in [0.15, 0.2) is 0 Å². The van der Waals surface area contributed by atoms with Crippen molar-refractivity contribution in [1.82, 2.24) is 9.97 Å². The van der Waals surface area contributed by atoms with Gasteiger partial charge in [-0.1, -0.05) is 6.92 Å². The van der Waals surface area contributed by atoms with Gasteiger partial charge in [0, 0.05) is 17.5 Å². The number of aromatic nitrogens is 2. The highest BCUT2D eigenvalue weighted by molar-refractivity contribution is 9.11. The maximum atomic E-state index is 5.47. The van der Waals surface area contributed by atoms with Gasteiger partial charge in [-0.25, -0.2) is 9.97 Å². The van der Waals surface area contributed by atoms with Gasteiger partial charge >= 0.3 is 0 Å². The molecule has 0 aromatic carbocycles. The van der Waals surface area contributed by atoms with Gasteiger partial charge in [0.25, 0.3) is 0 Å². The lowest BCUT2D eigenvalue weighted by Gasteiger charge is -2.07. The SMILES string of the molecule is CCCOc1cc(NCCc2ccc(Br)s2)ncn1. The topological polar surface area (TPSA) is 47.0 Å². The van der Waals surface area contributed by atoms with Crippen LogP contribution in [0, 0.1) is 0 Å². The van der Waals surface area contributed by atoms with Crippen molar-refractivity contribution < 1.29 is 4.74 Å². The molecule has 0 bridgehead atoms. The summed E-state index contributed by atoms with van der Waals surface area (Å²) in [7, 11) is 0. The number of thiophene rings is 1. The van der Waals surface area contributed by atoms with Gasteiger partial charge in [0.05, 0.1) is 10.4 Å². The van der Waals surface area contributed by atoms with Crippen molar-refractivity contribution >= 4 is 33.1 Å². The molecule has 0 atom stereocenters. The lowest BCUT2D eigenvalue weighted by atomic mass is 10.3. The van der Waals surface area contributed by atoms with Crippen molar-refractivity contribution in [1.29, 1.82) is 0 Å². The summed E-state index contributed by atoms with van der Waals surface area (Å²) in [4.78, 5) is 9.59. The number of rotatable bonds is 7. The molecule has 102 valence electrons. The van der Waals surface area contributed by atoms with Crippen LogP contribution in [0.25, 0.3) is 0 Å². The maximum absolute atomic E-state index is 5.47. The van der Waals surface area contributed by atoms with Gasteiger partial charge in [0.2, 0.25) is 5.88 Å². The maximum Gasteiger partial charge on any atom is 0.218 e. The molecule has 0 saturated carbocycles. The van der Waals surface area contributed by atoms with Crippen molar-refractivity contribution in [3.63, 3.8) is 0 Å². The number of halogens is 1. The Morgan fingerprint density at radius 2 is 2.26 bits per heavy atom. The largest absolute Gasteiger partial charge is 0.478 e. The number of ether oxygens (including phenoxy) is 1. The Morgan fingerprint density at radius 3 is 3.00 bits per heavy atom. The van der Waals surface area contributed by atoms with Gasteiger partial charge in [-0.05, 0) is 40.9 Å². The molecule has 0 aliphatic rings. The van der Waals surface area contributed by atoms with Gasteiger partial charge < -0.3 is 10.1 Å². The average Bonchev–Trinajstić information content (AvgIpc) is 2.83. The summed E-state index contributed by atoms with van der Waals surface area (Å²) < 4.78 is 6.63. The summed E-state index contributed by atoms with van der Waals surface area (Å²) in [5.74, 6) is 1.43. The second-order valence-electron chi connectivity index (χ2n) is 3.97. The highest BCUT2D eigenvalue weighted by Crippen LogP contribution is 2.22. The van der Waals surface area contributed by atoms with Crippen LogP contribution in [0.3, 0.4) is 0 Å². The molecule has 2 heterocycles. The Morgan fingerprint density at radius 1 is 1.37 bits per heavy atom. The molecular formula is C13H16BrN3OS. The zero-order valence-corrected chi connectivity index (χ0v) is 13.1. The summed E-state index contributed by atoms with van der Waals surface area (Å²) in [5.41, 5.74) is 0. The van der Waals surface area contributed by atoms with E-state index in [0.717, 1.165) is 25.2 Å². The van der Waals surface area contributed by atoms with Gasteiger partial charge in [-0.15, -0.1) is 11.3 Å². The van der Waals surface area contributed by atoms with E-state index in [1.807, 2.05) is 6.07 Å². The number of hydrogen-bond acceptors (Lipinski definition) is 5. The predicted octanol–water partition coefficient (Wildman–Crippen LogP) is 3.74. The quantitative estimate of drug-likeness (QED) is 0.833. The zero-order chi connectivity index (χ0) is 13.5. The van der Waals surface area contributed by atoms with E-state index in [1.54, 1.807) is 11.3 Å². The Labute approximate surface area is 125 Å². The molecule has 0 saturated heterocycles. The smallest absolute Gasteiger partial charge is 0.218 e.